The summed E-state index contributed by atoms with van der Waals surface area (Å²) in [6, 6.07) is 7.95. The van der Waals surface area contributed by atoms with Crippen LogP contribution in [0.4, 0.5) is 8.78 Å². The van der Waals surface area contributed by atoms with Crippen LogP contribution in [0.2, 0.25) is 0 Å². The maximum absolute atomic E-state index is 13.8. The number of pyridine rings is 1. The first-order chi connectivity index (χ1) is 11.7. The van der Waals surface area contributed by atoms with E-state index < -0.39 is 11.6 Å². The van der Waals surface area contributed by atoms with Crippen molar-refractivity contribution in [3.8, 4) is 11.4 Å². The summed E-state index contributed by atoms with van der Waals surface area (Å²) < 4.78 is 29.1. The van der Waals surface area contributed by atoms with Crippen molar-refractivity contribution in [1.82, 2.24) is 19.7 Å². The summed E-state index contributed by atoms with van der Waals surface area (Å²) in [4.78, 5) is 4.01. The third-order valence-corrected chi connectivity index (χ3v) is 4.51. The molecular weight excluding hydrogens is 330 g/mol. The maximum atomic E-state index is 13.8. The fourth-order valence-electron chi connectivity index (χ4n) is 2.34. The van der Waals surface area contributed by atoms with Crippen LogP contribution < -0.4 is 0 Å². The van der Waals surface area contributed by atoms with Gasteiger partial charge < -0.3 is 4.57 Å². The van der Waals surface area contributed by atoms with Crippen LogP contribution >= 0.6 is 11.8 Å². The van der Waals surface area contributed by atoms with Gasteiger partial charge in [-0.25, -0.2) is 8.78 Å². The van der Waals surface area contributed by atoms with E-state index in [2.05, 4.69) is 22.1 Å². The van der Waals surface area contributed by atoms with E-state index in [1.807, 2.05) is 16.7 Å². The lowest BCUT2D eigenvalue weighted by molar-refractivity contribution is 0.502. The minimum absolute atomic E-state index is 0.293. The van der Waals surface area contributed by atoms with Crippen LogP contribution in [0.1, 0.15) is 18.9 Å². The van der Waals surface area contributed by atoms with E-state index >= 15 is 0 Å². The number of nitrogens with zero attached hydrogens (tertiary/aromatic N) is 4. The molecule has 0 aliphatic rings. The fourth-order valence-corrected chi connectivity index (χ4v) is 3.28. The lowest BCUT2D eigenvalue weighted by Crippen LogP contribution is -2.02. The number of hydrogen-bond acceptors (Lipinski definition) is 4. The van der Waals surface area contributed by atoms with Crippen molar-refractivity contribution in [2.24, 2.45) is 0 Å². The van der Waals surface area contributed by atoms with Crippen molar-refractivity contribution in [3.05, 3.63) is 59.9 Å². The van der Waals surface area contributed by atoms with Gasteiger partial charge in [-0.15, -0.1) is 10.2 Å². The Balaban J connectivity index is 1.86. The molecule has 2 heterocycles. The van der Waals surface area contributed by atoms with Crippen LogP contribution in [0.25, 0.3) is 11.4 Å². The molecule has 3 aromatic rings. The molecule has 3 rings (SSSR count). The first-order valence-corrected chi connectivity index (χ1v) is 8.58. The highest BCUT2D eigenvalue weighted by Crippen LogP contribution is 2.27. The zero-order chi connectivity index (χ0) is 16.9. The lowest BCUT2D eigenvalue weighted by Gasteiger charge is -2.09. The first-order valence-electron chi connectivity index (χ1n) is 7.60. The van der Waals surface area contributed by atoms with E-state index in [0.29, 0.717) is 16.5 Å². The third kappa shape index (κ3) is 3.46. The molecule has 0 atom stereocenters. The first kappa shape index (κ1) is 16.6. The summed E-state index contributed by atoms with van der Waals surface area (Å²) in [6.45, 7) is 2.82. The Bertz CT molecular complexity index is 821. The van der Waals surface area contributed by atoms with Crippen LogP contribution in [0.3, 0.4) is 0 Å². The second-order valence-electron chi connectivity index (χ2n) is 5.20. The standard InChI is InChI=1S/C17H16F2N4S/c1-2-10-23-16(12-6-8-20-9-7-12)21-22-17(23)24-11-13-4-3-5-14(18)15(13)19/h3-9H,2,10-11H2,1H3. The Hall–Kier alpha value is -2.28. The van der Waals surface area contributed by atoms with Gasteiger partial charge >= 0.3 is 0 Å². The zero-order valence-electron chi connectivity index (χ0n) is 13.1. The monoisotopic (exact) mass is 346 g/mol. The number of hydrogen-bond donors (Lipinski definition) is 0. The predicted octanol–water partition coefficient (Wildman–Crippen LogP) is 4.32. The number of thioether (sulfide) groups is 1. The van der Waals surface area contributed by atoms with Gasteiger partial charge in [0.05, 0.1) is 0 Å². The number of halogens is 2. The Kier molecular flexibility index (Phi) is 5.20. The minimum atomic E-state index is -0.833. The molecule has 0 bridgehead atoms. The highest BCUT2D eigenvalue weighted by Gasteiger charge is 2.15. The van der Waals surface area contributed by atoms with Gasteiger partial charge in [-0.2, -0.15) is 0 Å². The molecule has 0 radical (unpaired) electrons. The van der Waals surface area contributed by atoms with E-state index in [-0.39, 0.29) is 0 Å². The SMILES string of the molecule is CCCn1c(SCc2cccc(F)c2F)nnc1-c1ccncc1. The van der Waals surface area contributed by atoms with Gasteiger partial charge in [0.1, 0.15) is 0 Å². The van der Waals surface area contributed by atoms with Gasteiger partial charge in [-0.3, -0.25) is 4.98 Å². The summed E-state index contributed by atoms with van der Waals surface area (Å²) in [5, 5.41) is 9.16. The molecule has 0 fully saturated rings. The molecule has 1 aromatic carbocycles. The second kappa shape index (κ2) is 7.53. The quantitative estimate of drug-likeness (QED) is 0.624. The molecule has 0 unspecified atom stereocenters. The Morgan fingerprint density at radius 3 is 2.62 bits per heavy atom. The van der Waals surface area contributed by atoms with Crippen LogP contribution in [0, 0.1) is 11.6 Å². The second-order valence-corrected chi connectivity index (χ2v) is 6.14. The average molecular weight is 346 g/mol. The Labute approximate surface area is 143 Å². The summed E-state index contributed by atoms with van der Waals surface area (Å²) in [6.07, 6.45) is 4.32. The summed E-state index contributed by atoms with van der Waals surface area (Å²) in [5.74, 6) is -0.593. The van der Waals surface area contributed by atoms with E-state index in [1.165, 1.54) is 17.8 Å². The fraction of sp³-hybridized carbons (Fsp3) is 0.235. The molecule has 24 heavy (non-hydrogen) atoms. The van der Waals surface area contributed by atoms with E-state index in [1.54, 1.807) is 18.5 Å². The zero-order valence-corrected chi connectivity index (χ0v) is 13.9. The van der Waals surface area contributed by atoms with Crippen molar-refractivity contribution in [2.75, 3.05) is 0 Å². The van der Waals surface area contributed by atoms with Crippen molar-refractivity contribution < 1.29 is 8.78 Å². The summed E-state index contributed by atoms with van der Waals surface area (Å²) in [5.41, 5.74) is 1.24. The molecule has 2 aromatic heterocycles. The molecule has 0 N–H and O–H groups in total. The Morgan fingerprint density at radius 2 is 1.88 bits per heavy atom. The molecule has 7 heteroatoms. The van der Waals surface area contributed by atoms with Crippen LogP contribution in [-0.4, -0.2) is 19.7 Å². The topological polar surface area (TPSA) is 43.6 Å². The molecule has 0 spiro atoms. The van der Waals surface area contributed by atoms with Crippen LogP contribution in [-0.2, 0) is 12.3 Å². The van der Waals surface area contributed by atoms with Crippen LogP contribution in [0.5, 0.6) is 0 Å². The number of aromatic nitrogens is 4. The molecule has 0 aliphatic heterocycles. The molecule has 0 amide bonds. The molecule has 124 valence electrons. The number of rotatable bonds is 6. The normalized spacial score (nSPS) is 11.0. The van der Waals surface area contributed by atoms with Gasteiger partial charge in [-0.05, 0) is 24.6 Å². The van der Waals surface area contributed by atoms with E-state index in [0.717, 1.165) is 30.4 Å². The third-order valence-electron chi connectivity index (χ3n) is 3.49. The van der Waals surface area contributed by atoms with Crippen molar-refractivity contribution in [1.29, 1.82) is 0 Å². The summed E-state index contributed by atoms with van der Waals surface area (Å²) in [7, 11) is 0. The lowest BCUT2D eigenvalue weighted by atomic mass is 10.2. The van der Waals surface area contributed by atoms with Crippen molar-refractivity contribution >= 4 is 11.8 Å². The van der Waals surface area contributed by atoms with Gasteiger partial charge in [0.2, 0.25) is 0 Å². The van der Waals surface area contributed by atoms with Crippen molar-refractivity contribution in [2.45, 2.75) is 30.8 Å². The summed E-state index contributed by atoms with van der Waals surface area (Å²) >= 11 is 1.35. The minimum Gasteiger partial charge on any atom is -0.302 e. The number of benzene rings is 1. The van der Waals surface area contributed by atoms with Gasteiger partial charge in [-0.1, -0.05) is 30.8 Å². The highest BCUT2D eigenvalue weighted by atomic mass is 32.2. The largest absolute Gasteiger partial charge is 0.302 e. The molecular formula is C17H16F2N4S. The highest BCUT2D eigenvalue weighted by molar-refractivity contribution is 7.98. The average Bonchev–Trinajstić information content (AvgIpc) is 3.00. The van der Waals surface area contributed by atoms with Gasteiger partial charge in [0, 0.05) is 35.8 Å². The van der Waals surface area contributed by atoms with E-state index in [4.69, 9.17) is 0 Å². The van der Waals surface area contributed by atoms with Crippen molar-refractivity contribution in [3.63, 3.8) is 0 Å². The van der Waals surface area contributed by atoms with Gasteiger partial charge in [0.15, 0.2) is 22.6 Å². The molecule has 4 nitrogen and oxygen atoms in total. The van der Waals surface area contributed by atoms with Crippen LogP contribution in [0.15, 0.2) is 47.9 Å². The van der Waals surface area contributed by atoms with Gasteiger partial charge in [0.25, 0.3) is 0 Å². The Morgan fingerprint density at radius 1 is 1.08 bits per heavy atom. The maximum Gasteiger partial charge on any atom is 0.191 e. The molecule has 0 saturated carbocycles. The molecule has 0 aliphatic carbocycles. The molecule has 0 saturated heterocycles. The smallest absolute Gasteiger partial charge is 0.191 e. The van der Waals surface area contributed by atoms with E-state index in [9.17, 15) is 8.78 Å². The predicted molar refractivity (Wildman–Crippen MR) is 89.5 cm³/mol.